The van der Waals surface area contributed by atoms with E-state index in [0.717, 1.165) is 27.5 Å². The van der Waals surface area contributed by atoms with Gasteiger partial charge in [-0.1, -0.05) is 23.7 Å². The quantitative estimate of drug-likeness (QED) is 0.215. The summed E-state index contributed by atoms with van der Waals surface area (Å²) < 4.78 is 19.6. The number of amides is 5. The van der Waals surface area contributed by atoms with E-state index < -0.39 is 11.7 Å². The molecule has 0 bridgehead atoms. The van der Waals surface area contributed by atoms with Crippen LogP contribution in [0.1, 0.15) is 30.9 Å². The molecule has 1 saturated heterocycles. The highest BCUT2D eigenvalue weighted by Gasteiger charge is 2.32. The number of methoxy groups -OCH3 is 1. The summed E-state index contributed by atoms with van der Waals surface area (Å²) in [6.45, 7) is 3.11. The highest BCUT2D eigenvalue weighted by molar-refractivity contribution is 7.98. The molecular weight excluding hydrogens is 621 g/mol. The standard InChI is InChI=1S/C32H39ClFN5O5S/c1-21(19-44-3)36(2)31(42)26(25-6-5-7-27(34)30(25)33)17-37(20-40)18-29(41)38-13-11-23(12-14-38)39-15-10-22-16-24(45-4)8-9-28(22)35-32(39)43/h5-9,16-17,20-21,23H,10-15,18-19H2,1-4H3,(H,35,43)/b26-17-. The van der Waals surface area contributed by atoms with Crippen molar-refractivity contribution in [1.82, 2.24) is 19.6 Å². The number of halogens is 2. The second-order valence-electron chi connectivity index (χ2n) is 11.2. The van der Waals surface area contributed by atoms with Gasteiger partial charge in [0, 0.05) is 62.2 Å². The Morgan fingerprint density at radius 2 is 1.96 bits per heavy atom. The van der Waals surface area contributed by atoms with Crippen molar-refractivity contribution in [3.63, 3.8) is 0 Å². The summed E-state index contributed by atoms with van der Waals surface area (Å²) >= 11 is 7.90. The fraction of sp³-hybridized carbons (Fsp3) is 0.438. The number of benzene rings is 2. The number of urea groups is 1. The highest BCUT2D eigenvalue weighted by atomic mass is 35.5. The van der Waals surface area contributed by atoms with Crippen LogP contribution in [-0.2, 0) is 25.5 Å². The average Bonchev–Trinajstić information content (AvgIpc) is 3.21. The largest absolute Gasteiger partial charge is 0.383 e. The molecule has 0 spiro atoms. The number of fused-ring (bicyclic) bond motifs is 1. The number of thioether (sulfide) groups is 1. The number of likely N-dealkylation sites (N-methyl/N-ethyl adjacent to an activating group) is 1. The molecule has 2 heterocycles. The van der Waals surface area contributed by atoms with Crippen LogP contribution in [0, 0.1) is 5.82 Å². The molecule has 1 fully saturated rings. The number of ether oxygens (including phenoxy) is 1. The van der Waals surface area contributed by atoms with Crippen LogP contribution in [0.2, 0.25) is 5.02 Å². The van der Waals surface area contributed by atoms with Crippen molar-refractivity contribution in [1.29, 1.82) is 0 Å². The van der Waals surface area contributed by atoms with Crippen molar-refractivity contribution < 1.29 is 28.3 Å². The van der Waals surface area contributed by atoms with Gasteiger partial charge in [0.25, 0.3) is 5.91 Å². The lowest BCUT2D eigenvalue weighted by atomic mass is 10.0. The summed E-state index contributed by atoms with van der Waals surface area (Å²) in [7, 11) is 3.08. The van der Waals surface area contributed by atoms with Gasteiger partial charge < -0.3 is 29.7 Å². The number of anilines is 1. The van der Waals surface area contributed by atoms with E-state index in [1.807, 2.05) is 23.3 Å². The molecule has 2 aromatic carbocycles. The monoisotopic (exact) mass is 659 g/mol. The Bertz CT molecular complexity index is 1450. The minimum Gasteiger partial charge on any atom is -0.383 e. The van der Waals surface area contributed by atoms with E-state index in [1.54, 1.807) is 30.6 Å². The van der Waals surface area contributed by atoms with Crippen LogP contribution in [0.25, 0.3) is 5.57 Å². The molecule has 0 radical (unpaired) electrons. The van der Waals surface area contributed by atoms with E-state index in [0.29, 0.717) is 38.9 Å². The van der Waals surface area contributed by atoms with Crippen molar-refractivity contribution in [3.05, 3.63) is 64.6 Å². The van der Waals surface area contributed by atoms with Gasteiger partial charge in [-0.05, 0) is 62.3 Å². The van der Waals surface area contributed by atoms with Crippen molar-refractivity contribution >= 4 is 58.9 Å². The van der Waals surface area contributed by atoms with Gasteiger partial charge in [-0.2, -0.15) is 0 Å². The van der Waals surface area contributed by atoms with Crippen LogP contribution in [0.5, 0.6) is 0 Å². The Labute approximate surface area is 272 Å². The van der Waals surface area contributed by atoms with E-state index in [2.05, 4.69) is 11.4 Å². The van der Waals surface area contributed by atoms with Gasteiger partial charge in [-0.3, -0.25) is 14.4 Å². The lowest BCUT2D eigenvalue weighted by Crippen LogP contribution is -2.51. The van der Waals surface area contributed by atoms with Gasteiger partial charge in [0.2, 0.25) is 12.3 Å². The molecule has 0 aromatic heterocycles. The zero-order chi connectivity index (χ0) is 32.7. The number of piperidine rings is 1. The molecule has 10 nitrogen and oxygen atoms in total. The molecular formula is C32H39ClFN5O5S. The Kier molecular flexibility index (Phi) is 11.9. The van der Waals surface area contributed by atoms with Crippen molar-refractivity contribution in [3.8, 4) is 0 Å². The summed E-state index contributed by atoms with van der Waals surface area (Å²) in [6, 6.07) is 9.60. The maximum absolute atomic E-state index is 14.4. The Hall–Kier alpha value is -3.61. The topological polar surface area (TPSA) is 102 Å². The third-order valence-electron chi connectivity index (χ3n) is 8.30. The van der Waals surface area contributed by atoms with Gasteiger partial charge in [0.05, 0.1) is 23.2 Å². The second-order valence-corrected chi connectivity index (χ2v) is 12.4. The van der Waals surface area contributed by atoms with Gasteiger partial charge >= 0.3 is 6.03 Å². The number of carbonyl (C=O) groups excluding carboxylic acids is 4. The molecule has 4 rings (SSSR count). The zero-order valence-electron chi connectivity index (χ0n) is 25.9. The van der Waals surface area contributed by atoms with E-state index in [4.69, 9.17) is 16.3 Å². The number of hydrogen-bond donors (Lipinski definition) is 1. The van der Waals surface area contributed by atoms with E-state index in [-0.39, 0.29) is 53.3 Å². The predicted octanol–water partition coefficient (Wildman–Crippen LogP) is 4.57. The molecule has 2 aliphatic heterocycles. The predicted molar refractivity (Wildman–Crippen MR) is 174 cm³/mol. The molecule has 5 amide bonds. The maximum Gasteiger partial charge on any atom is 0.322 e. The van der Waals surface area contributed by atoms with E-state index in [9.17, 15) is 23.6 Å². The van der Waals surface area contributed by atoms with Gasteiger partial charge in [-0.25, -0.2) is 9.18 Å². The number of likely N-dealkylation sites (tertiary alicyclic amines) is 1. The van der Waals surface area contributed by atoms with E-state index >= 15 is 0 Å². The van der Waals surface area contributed by atoms with Crippen LogP contribution in [0.4, 0.5) is 14.9 Å². The zero-order valence-corrected chi connectivity index (χ0v) is 27.5. The maximum atomic E-state index is 14.4. The van der Waals surface area contributed by atoms with Crippen LogP contribution >= 0.6 is 23.4 Å². The summed E-state index contributed by atoms with van der Waals surface area (Å²) in [5.41, 5.74) is 1.98. The van der Waals surface area contributed by atoms with Gasteiger partial charge in [0.15, 0.2) is 0 Å². The number of hydrogen-bond acceptors (Lipinski definition) is 6. The van der Waals surface area contributed by atoms with Gasteiger partial charge in [0.1, 0.15) is 12.4 Å². The molecule has 13 heteroatoms. The first-order chi connectivity index (χ1) is 21.6. The van der Waals surface area contributed by atoms with E-state index in [1.165, 1.54) is 36.4 Å². The molecule has 242 valence electrons. The summed E-state index contributed by atoms with van der Waals surface area (Å²) in [5.74, 6) is -1.55. The fourth-order valence-electron chi connectivity index (χ4n) is 5.56. The number of carbonyl (C=O) groups is 4. The molecule has 1 N–H and O–H groups in total. The summed E-state index contributed by atoms with van der Waals surface area (Å²) in [6.07, 6.45) is 5.62. The summed E-state index contributed by atoms with van der Waals surface area (Å²) in [5, 5.41) is 2.76. The first kappa shape index (κ1) is 34.3. The fourth-order valence-corrected chi connectivity index (χ4v) is 6.25. The molecule has 0 aliphatic carbocycles. The molecule has 2 aliphatic rings. The minimum atomic E-state index is -0.719. The molecule has 1 unspecified atom stereocenters. The van der Waals surface area contributed by atoms with Crippen LogP contribution in [-0.4, -0.2) is 109 Å². The highest BCUT2D eigenvalue weighted by Crippen LogP contribution is 2.30. The molecule has 45 heavy (non-hydrogen) atoms. The smallest absolute Gasteiger partial charge is 0.322 e. The molecule has 0 saturated carbocycles. The summed E-state index contributed by atoms with van der Waals surface area (Å²) in [4.78, 5) is 59.2. The second kappa shape index (κ2) is 15.6. The van der Waals surface area contributed by atoms with Crippen molar-refractivity contribution in [2.24, 2.45) is 0 Å². The lowest BCUT2D eigenvalue weighted by molar-refractivity contribution is -0.135. The van der Waals surface area contributed by atoms with Crippen molar-refractivity contribution in [2.45, 2.75) is 43.2 Å². The average molecular weight is 660 g/mol. The normalized spacial score (nSPS) is 16.4. The molecule has 2 aromatic rings. The number of nitrogens with one attached hydrogen (secondary N) is 1. The third-order valence-corrected chi connectivity index (χ3v) is 9.41. The minimum absolute atomic E-state index is 0.0329. The van der Waals surface area contributed by atoms with Crippen LogP contribution in [0.15, 0.2) is 47.5 Å². The van der Waals surface area contributed by atoms with Crippen molar-refractivity contribution in [2.75, 3.05) is 58.5 Å². The first-order valence-corrected chi connectivity index (χ1v) is 16.3. The van der Waals surface area contributed by atoms with Gasteiger partial charge in [-0.15, -0.1) is 11.8 Å². The third kappa shape index (κ3) is 8.16. The number of rotatable bonds is 11. The Morgan fingerprint density at radius 1 is 1.22 bits per heavy atom. The Balaban J connectivity index is 1.44. The lowest BCUT2D eigenvalue weighted by Gasteiger charge is -2.38. The van der Waals surface area contributed by atoms with Crippen LogP contribution < -0.4 is 5.32 Å². The Morgan fingerprint density at radius 3 is 2.62 bits per heavy atom. The first-order valence-electron chi connectivity index (χ1n) is 14.7. The van der Waals surface area contributed by atoms with Crippen LogP contribution in [0.3, 0.4) is 0 Å². The molecule has 1 atom stereocenters. The number of nitrogens with zero attached hydrogens (tertiary/aromatic N) is 4. The SMILES string of the molecule is COCC(C)N(C)C(=O)/C(=C\N(C=O)CC(=O)N1CCC(N2CCc3cc(SC)ccc3NC2=O)CC1)c1cccc(F)c1Cl.